The molecule has 0 amide bonds. The number of carbonyl (C=O) groups is 1. The third-order valence-electron chi connectivity index (χ3n) is 5.02. The summed E-state index contributed by atoms with van der Waals surface area (Å²) >= 11 is 12.4. The third-order valence-corrected chi connectivity index (χ3v) is 5.48. The van der Waals surface area contributed by atoms with Crippen LogP contribution in [-0.4, -0.2) is 59.4 Å². The lowest BCUT2D eigenvalue weighted by Crippen LogP contribution is -2.23. The molecule has 4 heterocycles. The summed E-state index contributed by atoms with van der Waals surface area (Å²) in [5.41, 5.74) is 3.04. The number of hydrogen-bond donors (Lipinski definition) is 0. The van der Waals surface area contributed by atoms with E-state index in [-0.39, 0.29) is 24.7 Å². The number of carbonyl (C=O) groups excluding carboxylic acids is 1. The quantitative estimate of drug-likeness (QED) is 0.419. The van der Waals surface area contributed by atoms with Crippen LogP contribution >= 0.6 is 23.2 Å². The van der Waals surface area contributed by atoms with Crippen molar-refractivity contribution in [3.05, 3.63) is 63.9 Å². The number of pyridine rings is 1. The molecule has 1 atom stereocenters. The van der Waals surface area contributed by atoms with E-state index in [0.717, 1.165) is 11.3 Å². The van der Waals surface area contributed by atoms with Crippen molar-refractivity contribution in [3.63, 3.8) is 0 Å². The number of nitrogens with zero attached hydrogens (tertiary/aromatic N) is 8. The van der Waals surface area contributed by atoms with E-state index < -0.39 is 0 Å². The first-order chi connectivity index (χ1) is 14.8. The van der Waals surface area contributed by atoms with Gasteiger partial charge >= 0.3 is 0 Å². The molecule has 0 saturated heterocycles. The Balaban J connectivity index is 1.59. The molecule has 0 radical (unpaired) electrons. The van der Waals surface area contributed by atoms with Crippen LogP contribution in [0, 0.1) is 0 Å². The summed E-state index contributed by atoms with van der Waals surface area (Å²) in [7, 11) is 3.94. The minimum atomic E-state index is 0.00114. The maximum atomic E-state index is 12.9. The third kappa shape index (κ3) is 4.43. The average Bonchev–Trinajstić information content (AvgIpc) is 3.36. The van der Waals surface area contributed by atoms with Crippen LogP contribution in [0.2, 0.25) is 10.2 Å². The highest BCUT2D eigenvalue weighted by atomic mass is 35.5. The molecule has 9 nitrogen and oxygen atoms in total. The maximum absolute atomic E-state index is 12.9. The van der Waals surface area contributed by atoms with Gasteiger partial charge in [-0.15, -0.1) is 4.80 Å². The highest BCUT2D eigenvalue weighted by molar-refractivity contribution is 6.32. The highest BCUT2D eigenvalue weighted by Gasteiger charge is 2.21. The van der Waals surface area contributed by atoms with Gasteiger partial charge in [-0.05, 0) is 32.6 Å². The largest absolute Gasteiger partial charge is 0.301 e. The predicted molar refractivity (Wildman–Crippen MR) is 117 cm³/mol. The Bertz CT molecular complexity index is 1240. The molecule has 11 heteroatoms. The van der Waals surface area contributed by atoms with Crippen molar-refractivity contribution in [3.8, 4) is 5.82 Å². The summed E-state index contributed by atoms with van der Waals surface area (Å²) in [5.74, 6) is 0.421. The lowest BCUT2D eigenvalue weighted by atomic mass is 10.0. The zero-order valence-electron chi connectivity index (χ0n) is 17.2. The molecule has 0 unspecified atom stereocenters. The second kappa shape index (κ2) is 8.70. The van der Waals surface area contributed by atoms with Gasteiger partial charge in [0.05, 0.1) is 23.1 Å². The molecule has 0 aliphatic heterocycles. The maximum Gasteiger partial charge on any atom is 0.193 e. The monoisotopic (exact) mass is 458 g/mol. The van der Waals surface area contributed by atoms with Crippen LogP contribution in [0.15, 0.2) is 36.9 Å². The van der Waals surface area contributed by atoms with Gasteiger partial charge in [0.25, 0.3) is 0 Å². The number of rotatable bonds is 7. The lowest BCUT2D eigenvalue weighted by Gasteiger charge is -2.23. The van der Waals surface area contributed by atoms with Crippen molar-refractivity contribution in [1.82, 2.24) is 39.5 Å². The Morgan fingerprint density at radius 2 is 1.84 bits per heavy atom. The summed E-state index contributed by atoms with van der Waals surface area (Å²) < 4.78 is 1.71. The van der Waals surface area contributed by atoms with Crippen molar-refractivity contribution in [1.29, 1.82) is 0 Å². The van der Waals surface area contributed by atoms with Crippen molar-refractivity contribution >= 4 is 34.6 Å². The van der Waals surface area contributed by atoms with Crippen LogP contribution in [-0.2, 0) is 17.6 Å². The molecule has 4 aromatic heterocycles. The Hall–Kier alpha value is -2.88. The highest BCUT2D eigenvalue weighted by Crippen LogP contribution is 2.25. The molecule has 0 bridgehead atoms. The smallest absolute Gasteiger partial charge is 0.193 e. The van der Waals surface area contributed by atoms with Gasteiger partial charge in [-0.3, -0.25) is 4.79 Å². The fourth-order valence-electron chi connectivity index (χ4n) is 3.33. The molecule has 0 aliphatic rings. The lowest BCUT2D eigenvalue weighted by molar-refractivity contribution is -0.117. The normalized spacial score (nSPS) is 12.6. The summed E-state index contributed by atoms with van der Waals surface area (Å²) in [6.45, 7) is 2.05. The first-order valence-corrected chi connectivity index (χ1v) is 10.3. The number of halogens is 2. The van der Waals surface area contributed by atoms with Gasteiger partial charge in [-0.25, -0.2) is 14.5 Å². The van der Waals surface area contributed by atoms with Gasteiger partial charge in [0.2, 0.25) is 0 Å². The zero-order chi connectivity index (χ0) is 22.1. The standard InChI is InChI=1S/C20H20Cl2N8O/c1-12(28(2)3)19-14(11-23-18-9-17(22)27-29(18)19)8-15(31)6-13-7-16(21)20(24-10-13)30-25-4-5-26-30/h4-5,7,9-12H,6,8H2,1-3H3/t12-/m1/s1. The van der Waals surface area contributed by atoms with E-state index in [1.807, 2.05) is 25.9 Å². The summed E-state index contributed by atoms with van der Waals surface area (Å²) in [6.07, 6.45) is 6.80. The fourth-order valence-corrected chi connectivity index (χ4v) is 3.76. The summed E-state index contributed by atoms with van der Waals surface area (Å²) in [4.78, 5) is 25.0. The van der Waals surface area contributed by atoms with Gasteiger partial charge < -0.3 is 4.90 Å². The van der Waals surface area contributed by atoms with E-state index >= 15 is 0 Å². The zero-order valence-corrected chi connectivity index (χ0v) is 18.7. The van der Waals surface area contributed by atoms with Crippen LogP contribution in [0.25, 0.3) is 11.5 Å². The number of hydrogen-bond acceptors (Lipinski definition) is 7. The van der Waals surface area contributed by atoms with Gasteiger partial charge in [0.15, 0.2) is 16.6 Å². The molecule has 0 fully saturated rings. The Kier molecular flexibility index (Phi) is 5.99. The van der Waals surface area contributed by atoms with E-state index in [4.69, 9.17) is 23.2 Å². The van der Waals surface area contributed by atoms with Crippen molar-refractivity contribution in [2.45, 2.75) is 25.8 Å². The van der Waals surface area contributed by atoms with Crippen LogP contribution < -0.4 is 0 Å². The topological polar surface area (TPSA) is 94.1 Å². The molecule has 0 aromatic carbocycles. The van der Waals surface area contributed by atoms with Crippen LogP contribution in [0.3, 0.4) is 0 Å². The van der Waals surface area contributed by atoms with Crippen molar-refractivity contribution in [2.24, 2.45) is 0 Å². The minimum absolute atomic E-state index is 0.00114. The van der Waals surface area contributed by atoms with Crippen LogP contribution in [0.1, 0.15) is 29.8 Å². The number of aromatic nitrogens is 7. The average molecular weight is 459 g/mol. The SMILES string of the molecule is C[C@H](c1c(CC(=O)Cc2cnc(-n3nccn3)c(Cl)c2)cnc2cc(Cl)nn12)N(C)C. The molecule has 0 saturated carbocycles. The molecular weight excluding hydrogens is 439 g/mol. The van der Waals surface area contributed by atoms with Gasteiger partial charge in [-0.1, -0.05) is 23.2 Å². The summed E-state index contributed by atoms with van der Waals surface area (Å²) in [5, 5.41) is 13.1. The molecule has 0 spiro atoms. The summed E-state index contributed by atoms with van der Waals surface area (Å²) in [6, 6.07) is 3.41. The molecule has 0 aliphatic carbocycles. The number of fused-ring (bicyclic) bond motifs is 1. The van der Waals surface area contributed by atoms with Crippen LogP contribution in [0.5, 0.6) is 0 Å². The Morgan fingerprint density at radius 1 is 1.10 bits per heavy atom. The molecule has 4 aromatic rings. The Labute approximate surface area is 188 Å². The first kappa shape index (κ1) is 21.4. The molecule has 31 heavy (non-hydrogen) atoms. The van der Waals surface area contributed by atoms with Gasteiger partial charge in [-0.2, -0.15) is 15.3 Å². The van der Waals surface area contributed by atoms with E-state index in [1.54, 1.807) is 41.4 Å². The first-order valence-electron chi connectivity index (χ1n) is 9.55. The predicted octanol–water partition coefficient (Wildman–Crippen LogP) is 2.99. The molecular formula is C20H20Cl2N8O. The fraction of sp³-hybridized carbons (Fsp3) is 0.300. The van der Waals surface area contributed by atoms with Gasteiger partial charge in [0.1, 0.15) is 5.78 Å². The molecule has 4 rings (SSSR count). The molecule has 0 N–H and O–H groups in total. The van der Waals surface area contributed by atoms with E-state index in [1.165, 1.54) is 4.80 Å². The second-order valence-corrected chi connectivity index (χ2v) is 8.20. The van der Waals surface area contributed by atoms with Gasteiger partial charge in [0, 0.05) is 42.9 Å². The van der Waals surface area contributed by atoms with Crippen molar-refractivity contribution < 1.29 is 4.79 Å². The van der Waals surface area contributed by atoms with Crippen molar-refractivity contribution in [2.75, 3.05) is 14.1 Å². The number of ketones is 1. The van der Waals surface area contributed by atoms with E-state index in [9.17, 15) is 4.79 Å². The van der Waals surface area contributed by atoms with E-state index in [2.05, 4.69) is 25.3 Å². The Morgan fingerprint density at radius 3 is 2.52 bits per heavy atom. The second-order valence-electron chi connectivity index (χ2n) is 7.41. The number of Topliss-reactive ketones (excluding diaryl/α,β-unsaturated/α-hetero) is 1. The van der Waals surface area contributed by atoms with Crippen LogP contribution in [0.4, 0.5) is 0 Å². The van der Waals surface area contributed by atoms with E-state index in [0.29, 0.717) is 27.2 Å². The minimum Gasteiger partial charge on any atom is -0.301 e. The molecule has 160 valence electrons.